The molecule has 21 heavy (non-hydrogen) atoms. The molecule has 0 unspecified atom stereocenters. The number of hydrogen-bond donors (Lipinski definition) is 2. The fourth-order valence-corrected chi connectivity index (χ4v) is 2.58. The van der Waals surface area contributed by atoms with E-state index >= 15 is 0 Å². The lowest BCUT2D eigenvalue weighted by molar-refractivity contribution is -0.124. The second kappa shape index (κ2) is 5.79. The third-order valence-electron chi connectivity index (χ3n) is 3.71. The predicted molar refractivity (Wildman–Crippen MR) is 73.5 cm³/mol. The normalized spacial score (nSPS) is 19.8. The van der Waals surface area contributed by atoms with E-state index in [0.717, 1.165) is 31.6 Å². The van der Waals surface area contributed by atoms with Crippen molar-refractivity contribution in [3.63, 3.8) is 0 Å². The van der Waals surface area contributed by atoms with Gasteiger partial charge in [0, 0.05) is 18.8 Å². The van der Waals surface area contributed by atoms with E-state index in [1.165, 1.54) is 0 Å². The van der Waals surface area contributed by atoms with Crippen LogP contribution in [0.15, 0.2) is 22.4 Å². The van der Waals surface area contributed by atoms with E-state index in [-0.39, 0.29) is 11.1 Å². The molecule has 4 amide bonds. The van der Waals surface area contributed by atoms with Gasteiger partial charge in [0.1, 0.15) is 11.6 Å². The molecule has 2 rings (SSSR count). The Morgan fingerprint density at radius 1 is 1.10 bits per heavy atom. The third kappa shape index (κ3) is 2.79. The number of carbonyl (C=O) groups excluding carboxylic acids is 3. The van der Waals surface area contributed by atoms with E-state index in [0.29, 0.717) is 5.57 Å². The highest BCUT2D eigenvalue weighted by atomic mass is 16.2. The summed E-state index contributed by atoms with van der Waals surface area (Å²) in [6.45, 7) is 5.06. The van der Waals surface area contributed by atoms with Crippen LogP contribution in [0, 0.1) is 11.3 Å². The van der Waals surface area contributed by atoms with Crippen LogP contribution in [0.2, 0.25) is 0 Å². The molecule has 7 heteroatoms. The van der Waals surface area contributed by atoms with Crippen molar-refractivity contribution in [2.45, 2.75) is 26.7 Å². The molecule has 0 aromatic heterocycles. The lowest BCUT2D eigenvalue weighted by Gasteiger charge is -2.22. The molecule has 0 aliphatic carbocycles. The van der Waals surface area contributed by atoms with Gasteiger partial charge in [-0.2, -0.15) is 5.26 Å². The molecule has 2 N–H and O–H groups in total. The summed E-state index contributed by atoms with van der Waals surface area (Å²) in [7, 11) is 0. The molecule has 0 saturated carbocycles. The van der Waals surface area contributed by atoms with Crippen molar-refractivity contribution >= 4 is 17.8 Å². The number of barbiturate groups is 1. The molecule has 2 aliphatic rings. The minimum absolute atomic E-state index is 0.190. The zero-order valence-corrected chi connectivity index (χ0v) is 11.9. The summed E-state index contributed by atoms with van der Waals surface area (Å²) in [5, 5.41) is 13.4. The number of imide groups is 2. The van der Waals surface area contributed by atoms with Gasteiger partial charge in [0.15, 0.2) is 0 Å². The molecule has 7 nitrogen and oxygen atoms in total. The van der Waals surface area contributed by atoms with Crippen LogP contribution in [-0.2, 0) is 9.59 Å². The maximum absolute atomic E-state index is 11.8. The zero-order valence-electron chi connectivity index (χ0n) is 11.9. The highest BCUT2D eigenvalue weighted by Gasteiger charge is 2.31. The Morgan fingerprint density at radius 3 is 2.10 bits per heavy atom. The first-order valence-corrected chi connectivity index (χ1v) is 6.69. The first-order valence-electron chi connectivity index (χ1n) is 6.69. The highest BCUT2D eigenvalue weighted by molar-refractivity contribution is 6.29. The van der Waals surface area contributed by atoms with Crippen molar-refractivity contribution in [1.29, 1.82) is 5.26 Å². The summed E-state index contributed by atoms with van der Waals surface area (Å²) < 4.78 is 0. The van der Waals surface area contributed by atoms with Crippen molar-refractivity contribution < 1.29 is 14.4 Å². The minimum Gasteiger partial charge on any atom is -0.374 e. The summed E-state index contributed by atoms with van der Waals surface area (Å²) in [6, 6.07) is 1.22. The van der Waals surface area contributed by atoms with Crippen LogP contribution >= 0.6 is 0 Å². The first-order chi connectivity index (χ1) is 9.95. The molecule has 0 aromatic rings. The van der Waals surface area contributed by atoms with E-state index in [1.807, 2.05) is 10.6 Å². The number of nitrogens with zero attached hydrogens (tertiary/aromatic N) is 2. The van der Waals surface area contributed by atoms with E-state index in [4.69, 9.17) is 0 Å². The average Bonchev–Trinajstić information content (AvgIpc) is 2.91. The van der Waals surface area contributed by atoms with Gasteiger partial charge in [-0.15, -0.1) is 0 Å². The second-order valence-electron chi connectivity index (χ2n) is 5.00. The van der Waals surface area contributed by atoms with E-state index < -0.39 is 17.8 Å². The fourth-order valence-electron chi connectivity index (χ4n) is 2.58. The van der Waals surface area contributed by atoms with Gasteiger partial charge in [-0.05, 0) is 32.3 Å². The molecule has 2 fully saturated rings. The standard InChI is InChI=1S/C14H16N4O3/c1-8(11-12(19)16-14(21)17-13(11)20)10(7-15)9(2)18-5-3-4-6-18/h3-6H2,1-2H3,(H2,16,17,19,20,21)/b10-9+. The van der Waals surface area contributed by atoms with Crippen molar-refractivity contribution in [1.82, 2.24) is 15.5 Å². The Kier molecular flexibility index (Phi) is 4.08. The van der Waals surface area contributed by atoms with E-state index in [9.17, 15) is 19.6 Å². The quantitative estimate of drug-likeness (QED) is 0.439. The van der Waals surface area contributed by atoms with Crippen LogP contribution in [0.1, 0.15) is 26.7 Å². The smallest absolute Gasteiger partial charge is 0.328 e. The Bertz CT molecular complexity index is 597. The SMILES string of the molecule is CC(=C1C(=O)NC(=O)NC1=O)/C(C#N)=C(\C)N1CCCC1. The van der Waals surface area contributed by atoms with Gasteiger partial charge < -0.3 is 4.90 Å². The summed E-state index contributed by atoms with van der Waals surface area (Å²) in [5.41, 5.74) is 1.14. The van der Waals surface area contributed by atoms with Crippen LogP contribution in [0.5, 0.6) is 0 Å². The average molecular weight is 288 g/mol. The Morgan fingerprint density at radius 2 is 1.62 bits per heavy atom. The molecule has 2 heterocycles. The van der Waals surface area contributed by atoms with Crippen LogP contribution in [-0.4, -0.2) is 35.8 Å². The Balaban J connectivity index is 2.46. The molecule has 2 aliphatic heterocycles. The number of urea groups is 1. The zero-order chi connectivity index (χ0) is 15.6. The van der Waals surface area contributed by atoms with Crippen LogP contribution in [0.3, 0.4) is 0 Å². The molecule has 0 aromatic carbocycles. The second-order valence-corrected chi connectivity index (χ2v) is 5.00. The number of rotatable bonds is 2. The fraction of sp³-hybridized carbons (Fsp3) is 0.429. The first kappa shape index (κ1) is 14.8. The lowest BCUT2D eigenvalue weighted by atomic mass is 9.98. The number of amides is 4. The van der Waals surface area contributed by atoms with Gasteiger partial charge in [0.25, 0.3) is 11.8 Å². The van der Waals surface area contributed by atoms with Crippen molar-refractivity contribution in [3.05, 3.63) is 22.4 Å². The molecule has 0 radical (unpaired) electrons. The van der Waals surface area contributed by atoms with Crippen molar-refractivity contribution in [2.75, 3.05) is 13.1 Å². The third-order valence-corrected chi connectivity index (χ3v) is 3.71. The summed E-state index contributed by atoms with van der Waals surface area (Å²) in [5.74, 6) is -1.55. The van der Waals surface area contributed by atoms with Crippen molar-refractivity contribution in [2.24, 2.45) is 0 Å². The van der Waals surface area contributed by atoms with E-state index in [1.54, 1.807) is 13.8 Å². The van der Waals surface area contributed by atoms with Crippen LogP contribution in [0.4, 0.5) is 4.79 Å². The topological polar surface area (TPSA) is 102 Å². The number of nitrogens with one attached hydrogen (secondary N) is 2. The number of carbonyl (C=O) groups is 3. The van der Waals surface area contributed by atoms with Gasteiger partial charge in [0.2, 0.25) is 0 Å². The Labute approximate surface area is 122 Å². The van der Waals surface area contributed by atoms with E-state index in [2.05, 4.69) is 11.0 Å². The number of likely N-dealkylation sites (tertiary alicyclic amines) is 1. The number of nitriles is 1. The number of allylic oxidation sites excluding steroid dienone is 3. The van der Waals surface area contributed by atoms with Gasteiger partial charge in [-0.1, -0.05) is 0 Å². The van der Waals surface area contributed by atoms with Gasteiger partial charge in [0.05, 0.1) is 5.57 Å². The maximum atomic E-state index is 11.8. The minimum atomic E-state index is -0.847. The van der Waals surface area contributed by atoms with Crippen molar-refractivity contribution in [3.8, 4) is 6.07 Å². The summed E-state index contributed by atoms with van der Waals surface area (Å²) in [4.78, 5) is 36.8. The molecule has 0 spiro atoms. The molecular formula is C14H16N4O3. The molecule has 0 bridgehead atoms. The molecule has 2 saturated heterocycles. The molecule has 0 atom stereocenters. The summed E-state index contributed by atoms with van der Waals surface area (Å²) >= 11 is 0. The number of hydrogen-bond acceptors (Lipinski definition) is 5. The lowest BCUT2D eigenvalue weighted by Crippen LogP contribution is -2.51. The van der Waals surface area contributed by atoms with Gasteiger partial charge in [-0.25, -0.2) is 4.79 Å². The maximum Gasteiger partial charge on any atom is 0.328 e. The van der Waals surface area contributed by atoms with Crippen LogP contribution < -0.4 is 10.6 Å². The van der Waals surface area contributed by atoms with Gasteiger partial charge in [-0.3, -0.25) is 20.2 Å². The largest absolute Gasteiger partial charge is 0.374 e. The predicted octanol–water partition coefficient (Wildman–Crippen LogP) is 0.562. The van der Waals surface area contributed by atoms with Crippen LogP contribution in [0.25, 0.3) is 0 Å². The van der Waals surface area contributed by atoms with Gasteiger partial charge >= 0.3 is 6.03 Å². The highest BCUT2D eigenvalue weighted by Crippen LogP contribution is 2.24. The molecule has 110 valence electrons. The summed E-state index contributed by atoms with van der Waals surface area (Å²) in [6.07, 6.45) is 2.11. The molecular weight excluding hydrogens is 272 g/mol. The Hall–Kier alpha value is -2.62. The monoisotopic (exact) mass is 288 g/mol.